The Morgan fingerprint density at radius 2 is 1.30 bits per heavy atom. The van der Waals surface area contributed by atoms with Crippen molar-refractivity contribution in [1.29, 1.82) is 0 Å². The van der Waals surface area contributed by atoms with Gasteiger partial charge in [-0.1, -0.05) is 79.1 Å². The number of hydrogen-bond acceptors (Lipinski definition) is 2. The number of carboxylic acids is 1. The summed E-state index contributed by atoms with van der Waals surface area (Å²) in [5, 5.41) is 8.60. The topological polar surface area (TPSA) is 46.5 Å². The van der Waals surface area contributed by atoms with Crippen molar-refractivity contribution in [3.8, 4) is 0 Å². The zero-order valence-corrected chi connectivity index (χ0v) is 16.2. The molecule has 0 aliphatic rings. The number of carbonyl (C=O) groups is 1. The molecule has 0 rings (SSSR count). The summed E-state index contributed by atoms with van der Waals surface area (Å²) in [5.41, 5.74) is 0. The zero-order chi connectivity index (χ0) is 17.8. The molecular weight excluding hydrogens is 288 g/mol. The van der Waals surface area contributed by atoms with E-state index in [9.17, 15) is 4.79 Å². The lowest BCUT2D eigenvalue weighted by Crippen LogP contribution is -2.11. The fourth-order valence-corrected chi connectivity index (χ4v) is 2.29. The van der Waals surface area contributed by atoms with Crippen LogP contribution in [0.4, 0.5) is 0 Å². The molecule has 1 N–H and O–H groups in total. The van der Waals surface area contributed by atoms with Crippen LogP contribution in [-0.2, 0) is 9.53 Å². The van der Waals surface area contributed by atoms with Gasteiger partial charge < -0.3 is 9.84 Å². The highest BCUT2D eigenvalue weighted by Crippen LogP contribution is 2.11. The fourth-order valence-electron chi connectivity index (χ4n) is 2.29. The van der Waals surface area contributed by atoms with Crippen molar-refractivity contribution in [2.75, 3.05) is 13.2 Å². The van der Waals surface area contributed by atoms with Gasteiger partial charge in [0.25, 0.3) is 0 Å². The molecule has 0 aliphatic heterocycles. The fraction of sp³-hybridized carbons (Fsp3) is 0.950. The van der Waals surface area contributed by atoms with Crippen molar-refractivity contribution in [3.63, 3.8) is 0 Å². The lowest BCUT2D eigenvalue weighted by atomic mass is 10.00. The molecule has 1 atom stereocenters. The first-order chi connectivity index (χ1) is 11.1. The monoisotopic (exact) mass is 330 g/mol. The molecule has 0 radical (unpaired) electrons. The zero-order valence-electron chi connectivity index (χ0n) is 16.2. The summed E-state index contributed by atoms with van der Waals surface area (Å²) >= 11 is 0. The number of carboxylic acid groups (broad SMARTS) is 1. The molecule has 0 aromatic rings. The van der Waals surface area contributed by atoms with E-state index >= 15 is 0 Å². The maximum atomic E-state index is 10.4. The minimum Gasteiger partial charge on any atom is -0.481 e. The van der Waals surface area contributed by atoms with E-state index in [1.807, 2.05) is 6.92 Å². The van der Waals surface area contributed by atoms with Crippen LogP contribution in [0.2, 0.25) is 0 Å². The minimum atomic E-state index is -0.643. The minimum absolute atomic E-state index is 0.111. The van der Waals surface area contributed by atoms with Crippen molar-refractivity contribution in [3.05, 3.63) is 0 Å². The summed E-state index contributed by atoms with van der Waals surface area (Å²) in [6.07, 6.45) is 14.3. The maximum absolute atomic E-state index is 10.4. The standard InChI is InChI=1S/C12H26O.C8H16O2/c1-3-5-7-8-9-10-12-13-11-6-4-2;1-3-5-6-7(4-2)8(9)10/h3-12H2,1-2H3;7H,3-6H2,1-2H3,(H,9,10). The van der Waals surface area contributed by atoms with Crippen LogP contribution in [-0.4, -0.2) is 24.3 Å². The summed E-state index contributed by atoms with van der Waals surface area (Å²) in [6.45, 7) is 10.4. The number of ether oxygens (including phenoxy) is 1. The van der Waals surface area contributed by atoms with Gasteiger partial charge in [0.05, 0.1) is 5.92 Å². The highest BCUT2D eigenvalue weighted by molar-refractivity contribution is 5.69. The van der Waals surface area contributed by atoms with Gasteiger partial charge in [-0.15, -0.1) is 0 Å². The molecule has 0 aliphatic carbocycles. The van der Waals surface area contributed by atoms with Gasteiger partial charge in [0.2, 0.25) is 0 Å². The lowest BCUT2D eigenvalue weighted by Gasteiger charge is -2.06. The molecule has 0 aromatic heterocycles. The quantitative estimate of drug-likeness (QED) is 0.351. The molecule has 0 heterocycles. The van der Waals surface area contributed by atoms with Crippen molar-refractivity contribution < 1.29 is 14.6 Å². The predicted octanol–water partition coefficient (Wildman–Crippen LogP) is 6.45. The smallest absolute Gasteiger partial charge is 0.306 e. The molecule has 0 spiro atoms. The van der Waals surface area contributed by atoms with Crippen molar-refractivity contribution in [1.82, 2.24) is 0 Å². The SMILES string of the molecule is CCCCC(CC)C(=O)O.CCCCCCCCOCCCC. The Kier molecular flexibility index (Phi) is 23.0. The van der Waals surface area contributed by atoms with Gasteiger partial charge in [0, 0.05) is 13.2 Å². The molecule has 0 bridgehead atoms. The van der Waals surface area contributed by atoms with Crippen LogP contribution < -0.4 is 0 Å². The van der Waals surface area contributed by atoms with E-state index in [4.69, 9.17) is 9.84 Å². The maximum Gasteiger partial charge on any atom is 0.306 e. The molecule has 23 heavy (non-hydrogen) atoms. The average Bonchev–Trinajstić information content (AvgIpc) is 2.54. The average molecular weight is 331 g/mol. The van der Waals surface area contributed by atoms with Gasteiger partial charge in [-0.2, -0.15) is 0 Å². The van der Waals surface area contributed by atoms with Gasteiger partial charge in [-0.3, -0.25) is 4.79 Å². The van der Waals surface area contributed by atoms with Gasteiger partial charge in [0.15, 0.2) is 0 Å². The van der Waals surface area contributed by atoms with Crippen molar-refractivity contribution in [2.24, 2.45) is 5.92 Å². The van der Waals surface area contributed by atoms with E-state index in [0.29, 0.717) is 0 Å². The molecular formula is C20H42O3. The highest BCUT2D eigenvalue weighted by atomic mass is 16.5. The number of hydrogen-bond donors (Lipinski definition) is 1. The van der Waals surface area contributed by atoms with Crippen LogP contribution in [0.5, 0.6) is 0 Å². The third-order valence-corrected chi connectivity index (χ3v) is 4.03. The van der Waals surface area contributed by atoms with Crippen molar-refractivity contribution >= 4 is 5.97 Å². The predicted molar refractivity (Wildman–Crippen MR) is 100 cm³/mol. The lowest BCUT2D eigenvalue weighted by molar-refractivity contribution is -0.142. The summed E-state index contributed by atoms with van der Waals surface area (Å²) in [6, 6.07) is 0. The number of rotatable bonds is 15. The molecule has 1 unspecified atom stereocenters. The first-order valence-corrected chi connectivity index (χ1v) is 9.94. The number of unbranched alkanes of at least 4 members (excludes halogenated alkanes) is 7. The molecule has 0 saturated heterocycles. The summed E-state index contributed by atoms with van der Waals surface area (Å²) < 4.78 is 5.48. The van der Waals surface area contributed by atoms with Crippen LogP contribution in [0.3, 0.4) is 0 Å². The molecule has 0 fully saturated rings. The van der Waals surface area contributed by atoms with E-state index < -0.39 is 5.97 Å². The van der Waals surface area contributed by atoms with Gasteiger partial charge in [-0.25, -0.2) is 0 Å². The van der Waals surface area contributed by atoms with Crippen LogP contribution in [0, 0.1) is 5.92 Å². The van der Waals surface area contributed by atoms with E-state index in [-0.39, 0.29) is 5.92 Å². The van der Waals surface area contributed by atoms with Crippen molar-refractivity contribution in [2.45, 2.75) is 105 Å². The second-order valence-corrected chi connectivity index (χ2v) is 6.32. The third-order valence-electron chi connectivity index (χ3n) is 4.03. The van der Waals surface area contributed by atoms with E-state index in [1.165, 1.54) is 51.4 Å². The first-order valence-electron chi connectivity index (χ1n) is 9.94. The first kappa shape index (κ1) is 24.7. The van der Waals surface area contributed by atoms with E-state index in [2.05, 4.69) is 20.8 Å². The second kappa shape index (κ2) is 21.4. The Morgan fingerprint density at radius 3 is 1.83 bits per heavy atom. The summed E-state index contributed by atoms with van der Waals surface area (Å²) in [7, 11) is 0. The van der Waals surface area contributed by atoms with Gasteiger partial charge in [0.1, 0.15) is 0 Å². The van der Waals surface area contributed by atoms with E-state index in [1.54, 1.807) is 0 Å². The largest absolute Gasteiger partial charge is 0.481 e. The Hall–Kier alpha value is -0.570. The molecule has 0 amide bonds. The Bertz CT molecular complexity index is 219. The second-order valence-electron chi connectivity index (χ2n) is 6.32. The van der Waals surface area contributed by atoms with Crippen LogP contribution in [0.25, 0.3) is 0 Å². The Labute approximate surface area is 145 Å². The highest BCUT2D eigenvalue weighted by Gasteiger charge is 2.12. The van der Waals surface area contributed by atoms with Gasteiger partial charge in [-0.05, 0) is 25.7 Å². The molecule has 3 heteroatoms. The molecule has 0 aromatic carbocycles. The van der Waals surface area contributed by atoms with Crippen LogP contribution >= 0.6 is 0 Å². The molecule has 0 saturated carbocycles. The Balaban J connectivity index is 0. The van der Waals surface area contributed by atoms with Crippen LogP contribution in [0.15, 0.2) is 0 Å². The van der Waals surface area contributed by atoms with Gasteiger partial charge >= 0.3 is 5.97 Å². The summed E-state index contributed by atoms with van der Waals surface area (Å²) in [5.74, 6) is -0.754. The summed E-state index contributed by atoms with van der Waals surface area (Å²) in [4.78, 5) is 10.4. The normalized spacial score (nSPS) is 11.7. The number of aliphatic carboxylic acids is 1. The molecule has 140 valence electrons. The molecule has 3 nitrogen and oxygen atoms in total. The van der Waals surface area contributed by atoms with Crippen LogP contribution in [0.1, 0.15) is 105 Å². The Morgan fingerprint density at radius 1 is 0.783 bits per heavy atom. The third kappa shape index (κ3) is 21.4. The van der Waals surface area contributed by atoms with E-state index in [0.717, 1.165) is 38.9 Å².